The summed E-state index contributed by atoms with van der Waals surface area (Å²) >= 11 is 3.39. The smallest absolute Gasteiger partial charge is 0.240 e. The minimum absolute atomic E-state index is 0.0600. The van der Waals surface area contributed by atoms with Crippen LogP contribution in [0.2, 0.25) is 0 Å². The van der Waals surface area contributed by atoms with Crippen LogP contribution < -0.4 is 5.32 Å². The van der Waals surface area contributed by atoms with Crippen LogP contribution in [0.25, 0.3) is 0 Å². The maximum Gasteiger partial charge on any atom is 0.240 e. The van der Waals surface area contributed by atoms with Crippen LogP contribution in [0, 0.1) is 0 Å². The lowest BCUT2D eigenvalue weighted by Crippen LogP contribution is -2.40. The predicted octanol–water partition coefficient (Wildman–Crippen LogP) is 1.87. The van der Waals surface area contributed by atoms with E-state index < -0.39 is 0 Å². The summed E-state index contributed by atoms with van der Waals surface area (Å²) in [7, 11) is 0. The molecule has 0 aromatic heterocycles. The third-order valence-electron chi connectivity index (χ3n) is 3.45. The van der Waals surface area contributed by atoms with Crippen LogP contribution >= 0.6 is 23.5 Å². The van der Waals surface area contributed by atoms with Gasteiger partial charge in [0.2, 0.25) is 11.8 Å². The van der Waals surface area contributed by atoms with Crippen molar-refractivity contribution >= 4 is 35.3 Å². The molecule has 2 heterocycles. The van der Waals surface area contributed by atoms with E-state index in [4.69, 9.17) is 0 Å². The van der Waals surface area contributed by atoms with Crippen LogP contribution in [-0.2, 0) is 9.59 Å². The molecule has 106 valence electrons. The van der Waals surface area contributed by atoms with Crippen molar-refractivity contribution in [2.24, 2.45) is 0 Å². The van der Waals surface area contributed by atoms with Gasteiger partial charge in [0.25, 0.3) is 0 Å². The van der Waals surface area contributed by atoms with E-state index in [0.29, 0.717) is 11.6 Å². The highest BCUT2D eigenvalue weighted by Gasteiger charge is 2.26. The topological polar surface area (TPSA) is 49.4 Å². The van der Waals surface area contributed by atoms with E-state index in [2.05, 4.69) is 17.4 Å². The molecule has 0 spiro atoms. The zero-order chi connectivity index (χ0) is 13.9. The molecular weight excluding hydrogens is 292 g/mol. The fourth-order valence-electron chi connectivity index (χ4n) is 2.45. The van der Waals surface area contributed by atoms with E-state index in [0.717, 1.165) is 12.2 Å². The van der Waals surface area contributed by atoms with Crippen LogP contribution in [0.5, 0.6) is 0 Å². The minimum atomic E-state index is -0.0625. The summed E-state index contributed by atoms with van der Waals surface area (Å²) in [4.78, 5) is 26.5. The quantitative estimate of drug-likeness (QED) is 0.926. The second-order valence-corrected chi connectivity index (χ2v) is 6.96. The highest BCUT2D eigenvalue weighted by atomic mass is 32.2. The van der Waals surface area contributed by atoms with Crippen molar-refractivity contribution < 1.29 is 9.59 Å². The third-order valence-corrected chi connectivity index (χ3v) is 5.52. The lowest BCUT2D eigenvalue weighted by molar-refractivity contribution is -0.132. The van der Waals surface area contributed by atoms with Crippen LogP contribution in [0.3, 0.4) is 0 Å². The van der Waals surface area contributed by atoms with Crippen molar-refractivity contribution in [2.45, 2.75) is 17.4 Å². The standard InChI is InChI=1S/C14H16N2O2S2/c17-13(7-16-9-19-8-14(16)18)15-11-5-6-20-12-4-2-1-3-10(11)12/h1-4,11H,5-9H2,(H,15,17). The largest absolute Gasteiger partial charge is 0.348 e. The van der Waals surface area contributed by atoms with Crippen molar-refractivity contribution in [1.82, 2.24) is 10.2 Å². The van der Waals surface area contributed by atoms with Gasteiger partial charge in [-0.3, -0.25) is 9.59 Å². The SMILES string of the molecule is O=C(CN1CSCC1=O)NC1CCSc2ccccc21. The van der Waals surface area contributed by atoms with Crippen molar-refractivity contribution in [3.05, 3.63) is 29.8 Å². The van der Waals surface area contributed by atoms with Gasteiger partial charge in [-0.15, -0.1) is 23.5 Å². The number of carbonyl (C=O) groups is 2. The van der Waals surface area contributed by atoms with E-state index in [-0.39, 0.29) is 24.4 Å². The third kappa shape index (κ3) is 2.96. The molecule has 0 aliphatic carbocycles. The number of nitrogens with zero attached hydrogens (tertiary/aromatic N) is 1. The summed E-state index contributed by atoms with van der Waals surface area (Å²) in [5.74, 6) is 2.14. The number of thioether (sulfide) groups is 2. The van der Waals surface area contributed by atoms with Crippen molar-refractivity contribution in [2.75, 3.05) is 23.9 Å². The van der Waals surface area contributed by atoms with Gasteiger partial charge in [-0.25, -0.2) is 0 Å². The average molecular weight is 308 g/mol. The fraction of sp³-hybridized carbons (Fsp3) is 0.429. The Bertz CT molecular complexity index is 536. The Morgan fingerprint density at radius 1 is 1.40 bits per heavy atom. The predicted molar refractivity (Wildman–Crippen MR) is 81.7 cm³/mol. The molecule has 1 atom stereocenters. The minimum Gasteiger partial charge on any atom is -0.348 e. The normalized spacial score (nSPS) is 21.7. The van der Waals surface area contributed by atoms with Crippen LogP contribution in [0.1, 0.15) is 18.0 Å². The second kappa shape index (κ2) is 6.10. The van der Waals surface area contributed by atoms with Gasteiger partial charge in [-0.1, -0.05) is 18.2 Å². The van der Waals surface area contributed by atoms with E-state index in [1.54, 1.807) is 16.7 Å². The Labute approximate surface area is 126 Å². The molecule has 1 aromatic rings. The zero-order valence-electron chi connectivity index (χ0n) is 11.0. The summed E-state index contributed by atoms with van der Waals surface area (Å²) < 4.78 is 0. The monoisotopic (exact) mass is 308 g/mol. The highest BCUT2D eigenvalue weighted by Crippen LogP contribution is 2.35. The van der Waals surface area contributed by atoms with Crippen molar-refractivity contribution in [1.29, 1.82) is 0 Å². The number of fused-ring (bicyclic) bond motifs is 1. The van der Waals surface area contributed by atoms with Crippen LogP contribution in [0.4, 0.5) is 0 Å². The Balaban J connectivity index is 1.63. The van der Waals surface area contributed by atoms with E-state index in [9.17, 15) is 9.59 Å². The first-order valence-corrected chi connectivity index (χ1v) is 8.74. The highest BCUT2D eigenvalue weighted by molar-refractivity contribution is 8.00. The first kappa shape index (κ1) is 13.8. The molecule has 2 aliphatic rings. The molecule has 1 N–H and O–H groups in total. The summed E-state index contributed by atoms with van der Waals surface area (Å²) in [6.07, 6.45) is 0.941. The molecule has 3 rings (SSSR count). The molecule has 0 saturated carbocycles. The Hall–Kier alpha value is -1.14. The molecular formula is C14H16N2O2S2. The lowest BCUT2D eigenvalue weighted by Gasteiger charge is -2.26. The van der Waals surface area contributed by atoms with Gasteiger partial charge in [0.05, 0.1) is 17.7 Å². The number of hydrogen-bond acceptors (Lipinski definition) is 4. The van der Waals surface area contributed by atoms with Gasteiger partial charge >= 0.3 is 0 Å². The molecule has 1 fully saturated rings. The first-order chi connectivity index (χ1) is 9.74. The van der Waals surface area contributed by atoms with Crippen LogP contribution in [-0.4, -0.2) is 40.6 Å². The summed E-state index contributed by atoms with van der Waals surface area (Å²) in [6, 6.07) is 8.27. The Morgan fingerprint density at radius 3 is 3.05 bits per heavy atom. The second-order valence-electron chi connectivity index (χ2n) is 4.86. The molecule has 0 radical (unpaired) electrons. The molecule has 1 aromatic carbocycles. The van der Waals surface area contributed by atoms with Gasteiger partial charge in [-0.2, -0.15) is 0 Å². The number of nitrogens with one attached hydrogen (secondary N) is 1. The molecule has 1 unspecified atom stereocenters. The number of hydrogen-bond donors (Lipinski definition) is 1. The van der Waals surface area contributed by atoms with Gasteiger partial charge in [0, 0.05) is 10.6 Å². The van der Waals surface area contributed by atoms with Crippen LogP contribution in [0.15, 0.2) is 29.2 Å². The van der Waals surface area contributed by atoms with E-state index in [1.807, 2.05) is 23.9 Å². The Morgan fingerprint density at radius 2 is 2.25 bits per heavy atom. The van der Waals surface area contributed by atoms with Gasteiger partial charge in [0.1, 0.15) is 6.54 Å². The lowest BCUT2D eigenvalue weighted by atomic mass is 10.0. The van der Waals surface area contributed by atoms with E-state index >= 15 is 0 Å². The molecule has 2 aliphatic heterocycles. The van der Waals surface area contributed by atoms with Crippen molar-refractivity contribution in [3.63, 3.8) is 0 Å². The zero-order valence-corrected chi connectivity index (χ0v) is 12.6. The first-order valence-electron chi connectivity index (χ1n) is 6.60. The number of amides is 2. The maximum absolute atomic E-state index is 12.1. The molecule has 6 heteroatoms. The maximum atomic E-state index is 12.1. The summed E-state index contributed by atoms with van der Waals surface area (Å²) in [6.45, 7) is 0.178. The van der Waals surface area contributed by atoms with Gasteiger partial charge in [0.15, 0.2) is 0 Å². The number of benzene rings is 1. The van der Waals surface area contributed by atoms with Crippen molar-refractivity contribution in [3.8, 4) is 0 Å². The van der Waals surface area contributed by atoms with Gasteiger partial charge in [-0.05, 0) is 18.1 Å². The molecule has 4 nitrogen and oxygen atoms in total. The molecule has 1 saturated heterocycles. The average Bonchev–Trinajstić information content (AvgIpc) is 2.85. The van der Waals surface area contributed by atoms with Gasteiger partial charge < -0.3 is 10.2 Å². The van der Waals surface area contributed by atoms with E-state index in [1.165, 1.54) is 10.5 Å². The number of carbonyl (C=O) groups excluding carboxylic acids is 2. The molecule has 0 bridgehead atoms. The summed E-state index contributed by atoms with van der Waals surface area (Å²) in [5.41, 5.74) is 1.19. The Kier molecular flexibility index (Phi) is 4.21. The fourth-order valence-corrected chi connectivity index (χ4v) is 4.47. The summed E-state index contributed by atoms with van der Waals surface area (Å²) in [5, 5.41) is 3.07. The molecule has 20 heavy (non-hydrogen) atoms. The molecule has 2 amide bonds. The number of rotatable bonds is 3.